The van der Waals surface area contributed by atoms with Crippen LogP contribution in [0, 0.1) is 5.92 Å². The average Bonchev–Trinajstić information content (AvgIpc) is 2.71. The molecule has 0 aromatic carbocycles. The van der Waals surface area contributed by atoms with E-state index in [0.29, 0.717) is 12.0 Å². The number of rotatable bonds is 7. The van der Waals surface area contributed by atoms with Gasteiger partial charge in [-0.05, 0) is 19.3 Å². The second kappa shape index (κ2) is 6.75. The van der Waals surface area contributed by atoms with Gasteiger partial charge in [-0.3, -0.25) is 0 Å². The number of hydrogen-bond acceptors (Lipinski definition) is 3. The van der Waals surface area contributed by atoms with Gasteiger partial charge in [0.25, 0.3) is 0 Å². The summed E-state index contributed by atoms with van der Waals surface area (Å²) in [6, 6.07) is 0.543. The number of hydrogen-bond donors (Lipinski definition) is 1. The SMILES string of the molecule is C=CCC(C)C(C)NCCc1cscn1. The fourth-order valence-electron chi connectivity index (χ4n) is 1.46. The minimum absolute atomic E-state index is 0.543. The van der Waals surface area contributed by atoms with Crippen LogP contribution in [0.25, 0.3) is 0 Å². The molecule has 0 amide bonds. The standard InChI is InChI=1S/C12H20N2S/c1-4-5-10(2)11(3)13-7-6-12-8-15-9-14-12/h4,8-11,13H,1,5-7H2,2-3H3. The zero-order valence-electron chi connectivity index (χ0n) is 9.57. The lowest BCUT2D eigenvalue weighted by Crippen LogP contribution is -2.33. The van der Waals surface area contributed by atoms with Gasteiger partial charge >= 0.3 is 0 Å². The van der Waals surface area contributed by atoms with Crippen LogP contribution in [-0.2, 0) is 6.42 Å². The summed E-state index contributed by atoms with van der Waals surface area (Å²) in [6.45, 7) is 9.26. The van der Waals surface area contributed by atoms with Gasteiger partial charge in [0.1, 0.15) is 0 Å². The lowest BCUT2D eigenvalue weighted by molar-refractivity contribution is 0.405. The second-order valence-electron chi connectivity index (χ2n) is 3.97. The van der Waals surface area contributed by atoms with Crippen LogP contribution in [0.4, 0.5) is 0 Å². The molecule has 1 aromatic rings. The second-order valence-corrected chi connectivity index (χ2v) is 4.69. The minimum atomic E-state index is 0.543. The van der Waals surface area contributed by atoms with Crippen LogP contribution >= 0.6 is 11.3 Å². The fraction of sp³-hybridized carbons (Fsp3) is 0.583. The summed E-state index contributed by atoms with van der Waals surface area (Å²) in [5, 5.41) is 5.63. The summed E-state index contributed by atoms with van der Waals surface area (Å²) in [5.41, 5.74) is 3.08. The van der Waals surface area contributed by atoms with Crippen molar-refractivity contribution in [2.75, 3.05) is 6.54 Å². The molecule has 15 heavy (non-hydrogen) atoms. The molecule has 1 rings (SSSR count). The highest BCUT2D eigenvalue weighted by Gasteiger charge is 2.09. The summed E-state index contributed by atoms with van der Waals surface area (Å²) in [7, 11) is 0. The molecule has 0 fully saturated rings. The van der Waals surface area contributed by atoms with Crippen molar-refractivity contribution in [3.8, 4) is 0 Å². The maximum atomic E-state index is 4.26. The molecule has 0 aliphatic rings. The van der Waals surface area contributed by atoms with E-state index in [2.05, 4.69) is 36.1 Å². The zero-order valence-corrected chi connectivity index (χ0v) is 10.4. The quantitative estimate of drug-likeness (QED) is 0.720. The van der Waals surface area contributed by atoms with E-state index in [4.69, 9.17) is 0 Å². The molecule has 0 spiro atoms. The van der Waals surface area contributed by atoms with Crippen molar-refractivity contribution in [3.63, 3.8) is 0 Å². The van der Waals surface area contributed by atoms with Crippen LogP contribution in [0.5, 0.6) is 0 Å². The van der Waals surface area contributed by atoms with Crippen LogP contribution < -0.4 is 5.32 Å². The van der Waals surface area contributed by atoms with E-state index in [0.717, 1.165) is 19.4 Å². The van der Waals surface area contributed by atoms with Crippen LogP contribution in [0.3, 0.4) is 0 Å². The predicted molar refractivity (Wildman–Crippen MR) is 67.3 cm³/mol. The Kier molecular flexibility index (Phi) is 5.58. The molecule has 2 unspecified atom stereocenters. The van der Waals surface area contributed by atoms with E-state index in [-0.39, 0.29) is 0 Å². The topological polar surface area (TPSA) is 24.9 Å². The average molecular weight is 224 g/mol. The third-order valence-electron chi connectivity index (χ3n) is 2.72. The third-order valence-corrected chi connectivity index (χ3v) is 3.36. The first-order valence-corrected chi connectivity index (χ1v) is 6.39. The number of allylic oxidation sites excluding steroid dienone is 1. The van der Waals surface area contributed by atoms with Gasteiger partial charge in [0.15, 0.2) is 0 Å². The molecule has 0 bridgehead atoms. The van der Waals surface area contributed by atoms with E-state index >= 15 is 0 Å². The van der Waals surface area contributed by atoms with Crippen molar-refractivity contribution in [1.29, 1.82) is 0 Å². The fourth-order valence-corrected chi connectivity index (χ4v) is 2.05. The van der Waals surface area contributed by atoms with Gasteiger partial charge in [0.2, 0.25) is 0 Å². The monoisotopic (exact) mass is 224 g/mol. The van der Waals surface area contributed by atoms with Gasteiger partial charge in [0.05, 0.1) is 11.2 Å². The Bertz CT molecular complexity index is 269. The van der Waals surface area contributed by atoms with Crippen molar-refractivity contribution >= 4 is 11.3 Å². The zero-order chi connectivity index (χ0) is 11.1. The Labute approximate surface area is 96.4 Å². The molecule has 1 N–H and O–H groups in total. The number of aromatic nitrogens is 1. The van der Waals surface area contributed by atoms with Crippen molar-refractivity contribution in [2.24, 2.45) is 5.92 Å². The van der Waals surface area contributed by atoms with Gasteiger partial charge in [0, 0.05) is 24.4 Å². The smallest absolute Gasteiger partial charge is 0.0794 e. The van der Waals surface area contributed by atoms with Gasteiger partial charge in [-0.15, -0.1) is 17.9 Å². The Balaban J connectivity index is 2.16. The van der Waals surface area contributed by atoms with E-state index in [1.165, 1.54) is 5.69 Å². The Morgan fingerprint density at radius 2 is 2.40 bits per heavy atom. The van der Waals surface area contributed by atoms with Crippen molar-refractivity contribution < 1.29 is 0 Å². The number of nitrogens with zero attached hydrogens (tertiary/aromatic N) is 1. The molecule has 2 nitrogen and oxygen atoms in total. The highest BCUT2D eigenvalue weighted by atomic mass is 32.1. The van der Waals surface area contributed by atoms with E-state index in [1.54, 1.807) is 11.3 Å². The largest absolute Gasteiger partial charge is 0.314 e. The summed E-state index contributed by atoms with van der Waals surface area (Å²) >= 11 is 1.66. The van der Waals surface area contributed by atoms with Gasteiger partial charge in [-0.2, -0.15) is 0 Å². The number of nitrogens with one attached hydrogen (secondary N) is 1. The normalized spacial score (nSPS) is 14.8. The highest BCUT2D eigenvalue weighted by molar-refractivity contribution is 7.07. The molecule has 1 aromatic heterocycles. The summed E-state index contributed by atoms with van der Waals surface area (Å²) in [6.07, 6.45) is 4.09. The Morgan fingerprint density at radius 3 is 3.00 bits per heavy atom. The Hall–Kier alpha value is -0.670. The molecule has 0 aliphatic carbocycles. The first kappa shape index (κ1) is 12.4. The maximum Gasteiger partial charge on any atom is 0.0794 e. The molecule has 84 valence electrons. The van der Waals surface area contributed by atoms with Crippen molar-refractivity contribution in [1.82, 2.24) is 10.3 Å². The molecule has 0 saturated carbocycles. The van der Waals surface area contributed by atoms with Gasteiger partial charge in [-0.25, -0.2) is 4.98 Å². The van der Waals surface area contributed by atoms with Gasteiger partial charge in [-0.1, -0.05) is 13.0 Å². The summed E-state index contributed by atoms with van der Waals surface area (Å²) in [4.78, 5) is 4.26. The van der Waals surface area contributed by atoms with Crippen LogP contribution in [0.1, 0.15) is 26.0 Å². The highest BCUT2D eigenvalue weighted by Crippen LogP contribution is 2.08. The van der Waals surface area contributed by atoms with E-state index in [9.17, 15) is 0 Å². The summed E-state index contributed by atoms with van der Waals surface area (Å²) < 4.78 is 0. The number of thiazole rings is 1. The molecule has 3 heteroatoms. The minimum Gasteiger partial charge on any atom is -0.314 e. The third kappa shape index (κ3) is 4.58. The first-order valence-electron chi connectivity index (χ1n) is 5.45. The van der Waals surface area contributed by atoms with E-state index in [1.807, 2.05) is 11.6 Å². The van der Waals surface area contributed by atoms with Crippen LogP contribution in [0.2, 0.25) is 0 Å². The lowest BCUT2D eigenvalue weighted by atomic mass is 10.00. The molecule has 2 atom stereocenters. The van der Waals surface area contributed by atoms with Gasteiger partial charge < -0.3 is 5.32 Å². The van der Waals surface area contributed by atoms with Crippen molar-refractivity contribution in [2.45, 2.75) is 32.7 Å². The lowest BCUT2D eigenvalue weighted by Gasteiger charge is -2.19. The summed E-state index contributed by atoms with van der Waals surface area (Å²) in [5.74, 6) is 0.651. The molecule has 0 saturated heterocycles. The molecule has 0 radical (unpaired) electrons. The predicted octanol–water partition coefficient (Wildman–Crippen LogP) is 2.88. The molecule has 0 aliphatic heterocycles. The molecule has 1 heterocycles. The Morgan fingerprint density at radius 1 is 1.60 bits per heavy atom. The maximum absolute atomic E-state index is 4.26. The molecular formula is C12H20N2S. The van der Waals surface area contributed by atoms with Crippen molar-refractivity contribution in [3.05, 3.63) is 29.2 Å². The van der Waals surface area contributed by atoms with Crippen LogP contribution in [0.15, 0.2) is 23.5 Å². The molecular weight excluding hydrogens is 204 g/mol. The van der Waals surface area contributed by atoms with Crippen LogP contribution in [-0.4, -0.2) is 17.6 Å². The first-order chi connectivity index (χ1) is 7.24. The van der Waals surface area contributed by atoms with E-state index < -0.39 is 0 Å².